The fraction of sp³-hybridized carbons (Fsp3) is 0.833. The molecule has 0 spiro atoms. The molecule has 0 fully saturated rings. The molecule has 0 radical (unpaired) electrons. The predicted octanol–water partition coefficient (Wildman–Crippen LogP) is 2.68. The molecule has 1 N–H and O–H groups in total. The van der Waals surface area contributed by atoms with Crippen LogP contribution in [0.15, 0.2) is 0 Å². The fourth-order valence-electron chi connectivity index (χ4n) is 4.03. The number of hydrogen-bond acceptors (Lipinski definition) is 11. The molecule has 0 rings (SSSR count). The predicted molar refractivity (Wildman–Crippen MR) is 155 cm³/mol. The number of ketones is 2. The summed E-state index contributed by atoms with van der Waals surface area (Å²) in [6.07, 6.45) is 1.31. The third-order valence-electron chi connectivity index (χ3n) is 6.54. The molecule has 0 saturated heterocycles. The Labute approximate surface area is 250 Å². The minimum absolute atomic E-state index is 0.00983. The first-order valence-electron chi connectivity index (χ1n) is 14.8. The highest BCUT2D eigenvalue weighted by Crippen LogP contribution is 2.19. The maximum atomic E-state index is 13.3. The van der Waals surface area contributed by atoms with Crippen molar-refractivity contribution in [2.24, 2.45) is 17.8 Å². The summed E-state index contributed by atoms with van der Waals surface area (Å²) < 4.78 is 30.5. The lowest BCUT2D eigenvalue weighted by atomic mass is 9.88. The van der Waals surface area contributed by atoms with Gasteiger partial charge >= 0.3 is 11.9 Å². The first kappa shape index (κ1) is 39.6. The Bertz CT molecular complexity index is 787. The molecule has 0 bridgehead atoms. The van der Waals surface area contributed by atoms with Gasteiger partial charge in [0.2, 0.25) is 5.91 Å². The van der Waals surface area contributed by atoms with Crippen LogP contribution in [0.1, 0.15) is 72.6 Å². The van der Waals surface area contributed by atoms with Crippen molar-refractivity contribution in [2.75, 3.05) is 67.1 Å². The van der Waals surface area contributed by atoms with Crippen molar-refractivity contribution >= 4 is 29.4 Å². The van der Waals surface area contributed by atoms with E-state index in [1.165, 1.54) is 6.92 Å². The van der Waals surface area contributed by atoms with Crippen molar-refractivity contribution in [1.82, 2.24) is 5.32 Å². The van der Waals surface area contributed by atoms with Gasteiger partial charge in [-0.05, 0) is 38.5 Å². The van der Waals surface area contributed by atoms with Crippen LogP contribution in [-0.2, 0) is 52.4 Å². The Hall–Kier alpha value is -2.41. The number of esters is 2. The number of carbonyl (C=O) groups is 5. The third kappa shape index (κ3) is 20.5. The van der Waals surface area contributed by atoms with Crippen molar-refractivity contribution in [3.05, 3.63) is 0 Å². The van der Waals surface area contributed by atoms with Gasteiger partial charge in [0, 0.05) is 45.3 Å². The van der Waals surface area contributed by atoms with Crippen LogP contribution in [0.5, 0.6) is 0 Å². The first-order chi connectivity index (χ1) is 20.0. The minimum atomic E-state index is -0.777. The Morgan fingerprint density at radius 2 is 1.17 bits per heavy atom. The van der Waals surface area contributed by atoms with Crippen LogP contribution >= 0.6 is 0 Å². The van der Waals surface area contributed by atoms with Crippen LogP contribution in [-0.4, -0.2) is 103 Å². The summed E-state index contributed by atoms with van der Waals surface area (Å²) in [5, 5.41) is 2.85. The van der Waals surface area contributed by atoms with E-state index < -0.39 is 29.8 Å². The van der Waals surface area contributed by atoms with E-state index in [0.717, 1.165) is 0 Å². The average Bonchev–Trinajstić information content (AvgIpc) is 2.94. The molecule has 12 heteroatoms. The van der Waals surface area contributed by atoms with Crippen LogP contribution in [0.25, 0.3) is 0 Å². The second-order valence-electron chi connectivity index (χ2n) is 10.5. The lowest BCUT2D eigenvalue weighted by molar-refractivity contribution is -0.146. The van der Waals surface area contributed by atoms with Gasteiger partial charge in [-0.1, -0.05) is 20.8 Å². The van der Waals surface area contributed by atoms with Gasteiger partial charge in [0.1, 0.15) is 19.0 Å². The average molecular weight is 604 g/mol. The Balaban J connectivity index is 4.85. The van der Waals surface area contributed by atoms with Gasteiger partial charge in [-0.25, -0.2) is 0 Å². The highest BCUT2D eigenvalue weighted by Gasteiger charge is 2.29. The molecule has 0 aliphatic rings. The van der Waals surface area contributed by atoms with Crippen molar-refractivity contribution < 1.29 is 52.4 Å². The molecular formula is C30H53NO11. The summed E-state index contributed by atoms with van der Waals surface area (Å²) in [5.41, 5.74) is 0. The molecule has 1 amide bonds. The topological polar surface area (TPSA) is 153 Å². The first-order valence-corrected chi connectivity index (χ1v) is 14.8. The summed E-state index contributed by atoms with van der Waals surface area (Å²) in [6.45, 7) is 9.54. The molecule has 0 heterocycles. The Kier molecular flexibility index (Phi) is 23.7. The molecular weight excluding hydrogens is 550 g/mol. The zero-order valence-electron chi connectivity index (χ0n) is 26.4. The van der Waals surface area contributed by atoms with Gasteiger partial charge in [-0.2, -0.15) is 0 Å². The Morgan fingerprint density at radius 1 is 0.690 bits per heavy atom. The SMILES string of the molecule is CC[C@@H](CCC(=O)OCCOCCOC)C(=O)N[C@@H](CC(C)C)C(=O)CC(CCC(=O)OCCOCCOC)C(C)=O. The molecule has 42 heavy (non-hydrogen) atoms. The zero-order valence-corrected chi connectivity index (χ0v) is 26.4. The minimum Gasteiger partial charge on any atom is -0.463 e. The van der Waals surface area contributed by atoms with Gasteiger partial charge in [-0.15, -0.1) is 0 Å². The van der Waals surface area contributed by atoms with Crippen LogP contribution in [0, 0.1) is 17.8 Å². The van der Waals surface area contributed by atoms with E-state index in [4.69, 9.17) is 28.4 Å². The van der Waals surface area contributed by atoms with E-state index in [1.54, 1.807) is 14.2 Å². The molecule has 0 aromatic heterocycles. The summed E-state index contributed by atoms with van der Waals surface area (Å²) in [7, 11) is 3.13. The molecule has 0 aliphatic heterocycles. The molecule has 0 saturated carbocycles. The number of rotatable bonds is 27. The van der Waals surface area contributed by atoms with E-state index in [0.29, 0.717) is 39.3 Å². The quantitative estimate of drug-likeness (QED) is 0.109. The molecule has 0 aromatic rings. The van der Waals surface area contributed by atoms with Gasteiger partial charge < -0.3 is 33.7 Å². The van der Waals surface area contributed by atoms with Gasteiger partial charge in [0.25, 0.3) is 0 Å². The molecule has 12 nitrogen and oxygen atoms in total. The standard InChI is InChI=1S/C30H53NO11/c1-7-24(8-10-28(34)41-18-16-39-14-12-37-5)30(36)31-26(20-22(2)3)27(33)21-25(23(4)32)9-11-29(35)42-19-17-40-15-13-38-6/h22,24-26H,7-21H2,1-6H3,(H,31,36)/t24-,25?,26-/m0/s1. The molecule has 0 aromatic carbocycles. The van der Waals surface area contributed by atoms with Crippen LogP contribution < -0.4 is 5.32 Å². The van der Waals surface area contributed by atoms with E-state index in [-0.39, 0.29) is 81.9 Å². The maximum absolute atomic E-state index is 13.3. The highest BCUT2D eigenvalue weighted by atomic mass is 16.6. The maximum Gasteiger partial charge on any atom is 0.305 e. The van der Waals surface area contributed by atoms with E-state index in [1.807, 2.05) is 20.8 Å². The van der Waals surface area contributed by atoms with Gasteiger partial charge in [0.15, 0.2) is 5.78 Å². The second-order valence-corrected chi connectivity index (χ2v) is 10.5. The number of Topliss-reactive ketones (excluding diaryl/α,β-unsaturated/α-hetero) is 2. The van der Waals surface area contributed by atoms with Gasteiger partial charge in [0.05, 0.1) is 45.7 Å². The van der Waals surface area contributed by atoms with Crippen molar-refractivity contribution in [1.29, 1.82) is 0 Å². The summed E-state index contributed by atoms with van der Waals surface area (Å²) >= 11 is 0. The van der Waals surface area contributed by atoms with Gasteiger partial charge in [-0.3, -0.25) is 24.0 Å². The largest absolute Gasteiger partial charge is 0.463 e. The molecule has 244 valence electrons. The van der Waals surface area contributed by atoms with Crippen LogP contribution in [0.4, 0.5) is 0 Å². The van der Waals surface area contributed by atoms with E-state index in [9.17, 15) is 24.0 Å². The summed E-state index contributed by atoms with van der Waals surface area (Å²) in [4.78, 5) is 62.8. The normalized spacial score (nSPS) is 13.3. The molecule has 0 aliphatic carbocycles. The fourth-order valence-corrected chi connectivity index (χ4v) is 4.03. The molecule has 1 unspecified atom stereocenters. The zero-order chi connectivity index (χ0) is 31.8. The third-order valence-corrected chi connectivity index (χ3v) is 6.54. The van der Waals surface area contributed by atoms with Crippen LogP contribution in [0.2, 0.25) is 0 Å². The number of ether oxygens (including phenoxy) is 6. The summed E-state index contributed by atoms with van der Waals surface area (Å²) in [5.74, 6) is -2.71. The number of hydrogen-bond donors (Lipinski definition) is 1. The van der Waals surface area contributed by atoms with Crippen molar-refractivity contribution in [3.8, 4) is 0 Å². The number of carbonyl (C=O) groups excluding carboxylic acids is 5. The Morgan fingerprint density at radius 3 is 1.60 bits per heavy atom. The second kappa shape index (κ2) is 25.1. The molecule has 3 atom stereocenters. The lowest BCUT2D eigenvalue weighted by Crippen LogP contribution is -2.45. The smallest absolute Gasteiger partial charge is 0.305 e. The van der Waals surface area contributed by atoms with Crippen molar-refractivity contribution in [3.63, 3.8) is 0 Å². The van der Waals surface area contributed by atoms with Crippen LogP contribution in [0.3, 0.4) is 0 Å². The monoisotopic (exact) mass is 603 g/mol. The van der Waals surface area contributed by atoms with E-state index >= 15 is 0 Å². The highest BCUT2D eigenvalue weighted by molar-refractivity contribution is 5.93. The lowest BCUT2D eigenvalue weighted by Gasteiger charge is -2.24. The number of methoxy groups -OCH3 is 2. The van der Waals surface area contributed by atoms with Crippen molar-refractivity contribution in [2.45, 2.75) is 78.7 Å². The number of nitrogens with one attached hydrogen (secondary N) is 1. The summed E-state index contributed by atoms with van der Waals surface area (Å²) in [6, 6.07) is -0.777. The van der Waals surface area contributed by atoms with E-state index in [2.05, 4.69) is 5.32 Å². The number of amides is 1.